The number of rotatable bonds is 4. The Morgan fingerprint density at radius 2 is 1.95 bits per heavy atom. The Morgan fingerprint density at radius 3 is 2.45 bits per heavy atom. The van der Waals surface area contributed by atoms with Crippen molar-refractivity contribution in [2.45, 2.75) is 25.2 Å². The molecule has 22 heavy (non-hydrogen) atoms. The van der Waals surface area contributed by atoms with Crippen molar-refractivity contribution in [3.63, 3.8) is 0 Å². The van der Waals surface area contributed by atoms with Crippen molar-refractivity contribution in [2.75, 3.05) is 25.6 Å². The summed E-state index contributed by atoms with van der Waals surface area (Å²) in [5, 5.41) is 19.8. The molecule has 0 aromatic heterocycles. The third-order valence-corrected chi connectivity index (χ3v) is 4.33. The third kappa shape index (κ3) is 3.62. The van der Waals surface area contributed by atoms with Crippen LogP contribution in [0.15, 0.2) is 29.4 Å². The van der Waals surface area contributed by atoms with Crippen LogP contribution < -0.4 is 11.2 Å². The van der Waals surface area contributed by atoms with Crippen molar-refractivity contribution < 1.29 is 0 Å². The van der Waals surface area contributed by atoms with E-state index >= 15 is 0 Å². The van der Waals surface area contributed by atoms with E-state index in [0.717, 1.165) is 31.6 Å². The minimum absolute atomic E-state index is 0.119. The van der Waals surface area contributed by atoms with E-state index in [-0.39, 0.29) is 17.0 Å². The maximum Gasteiger partial charge on any atom is 0.201 e. The van der Waals surface area contributed by atoms with Gasteiger partial charge in [-0.05, 0) is 56.1 Å². The predicted octanol–water partition coefficient (Wildman–Crippen LogP) is 1.90. The Labute approximate surface area is 131 Å². The first-order chi connectivity index (χ1) is 10.4. The van der Waals surface area contributed by atoms with E-state index in [1.165, 1.54) is 5.56 Å². The van der Waals surface area contributed by atoms with Gasteiger partial charge in [0, 0.05) is 0 Å². The number of hydrogen-bond donors (Lipinski definition) is 3. The summed E-state index contributed by atoms with van der Waals surface area (Å²) in [5.41, 5.74) is 10.2. The average Bonchev–Trinajstić information content (AvgIpc) is 2.51. The molecule has 0 bridgehead atoms. The lowest BCUT2D eigenvalue weighted by Gasteiger charge is -2.38. The third-order valence-electron chi connectivity index (χ3n) is 4.33. The number of benzene rings is 1. The Balaban J connectivity index is 2.08. The summed E-state index contributed by atoms with van der Waals surface area (Å²) in [6.45, 7) is 4.54. The Morgan fingerprint density at radius 1 is 1.36 bits per heavy atom. The monoisotopic (exact) mass is 298 g/mol. The zero-order valence-electron chi connectivity index (χ0n) is 13.1. The Bertz CT molecular complexity index is 603. The predicted molar refractivity (Wildman–Crippen MR) is 89.1 cm³/mol. The van der Waals surface area contributed by atoms with Crippen LogP contribution in [0.1, 0.15) is 25.3 Å². The van der Waals surface area contributed by atoms with Gasteiger partial charge in [0.2, 0.25) is 5.71 Å². The standard InChI is InChI=1S/C16H22N6/c1-16(7-9-22(2)10-8-16)12-3-5-13(6-4-12)20-21-14(11-17)15(18)19/h3-6,20H,7-10H2,1-2H3,(H3,18,19)/b21-14+. The molecule has 0 spiro atoms. The topological polar surface area (TPSA) is 101 Å². The van der Waals surface area contributed by atoms with Crippen LogP contribution in [-0.4, -0.2) is 36.6 Å². The van der Waals surface area contributed by atoms with Crippen molar-refractivity contribution in [1.29, 1.82) is 10.7 Å². The molecule has 1 heterocycles. The van der Waals surface area contributed by atoms with E-state index in [2.05, 4.69) is 41.5 Å². The summed E-state index contributed by atoms with van der Waals surface area (Å²) in [4.78, 5) is 2.36. The number of anilines is 1. The van der Waals surface area contributed by atoms with Gasteiger partial charge in [0.25, 0.3) is 0 Å². The van der Waals surface area contributed by atoms with Crippen LogP contribution in [0, 0.1) is 16.7 Å². The van der Waals surface area contributed by atoms with E-state index in [1.54, 1.807) is 6.07 Å². The summed E-state index contributed by atoms with van der Waals surface area (Å²) >= 11 is 0. The van der Waals surface area contributed by atoms with E-state index in [9.17, 15) is 0 Å². The fourth-order valence-electron chi connectivity index (χ4n) is 2.61. The molecular formula is C16H22N6. The number of piperidine rings is 1. The largest absolute Gasteiger partial charge is 0.382 e. The second-order valence-corrected chi connectivity index (χ2v) is 6.04. The molecule has 1 aromatic carbocycles. The maximum absolute atomic E-state index is 8.80. The Kier molecular flexibility index (Phi) is 4.78. The second kappa shape index (κ2) is 6.58. The van der Waals surface area contributed by atoms with Crippen molar-refractivity contribution in [1.82, 2.24) is 4.90 Å². The highest BCUT2D eigenvalue weighted by Gasteiger charge is 2.30. The molecule has 0 radical (unpaired) electrons. The highest BCUT2D eigenvalue weighted by Crippen LogP contribution is 2.35. The molecule has 2 rings (SSSR count). The number of nitrogens with zero attached hydrogens (tertiary/aromatic N) is 3. The normalized spacial score (nSPS) is 18.5. The van der Waals surface area contributed by atoms with Gasteiger partial charge in [-0.1, -0.05) is 19.1 Å². The van der Waals surface area contributed by atoms with Gasteiger partial charge in [0.1, 0.15) is 6.07 Å². The number of hydrazone groups is 1. The lowest BCUT2D eigenvalue weighted by atomic mass is 9.74. The second-order valence-electron chi connectivity index (χ2n) is 6.04. The van der Waals surface area contributed by atoms with Crippen LogP contribution in [0.5, 0.6) is 0 Å². The SMILES string of the molecule is CN1CCC(C)(c2ccc(N/N=C(\C#N)C(=N)N)cc2)CC1. The van der Waals surface area contributed by atoms with Crippen LogP contribution in [0.2, 0.25) is 0 Å². The summed E-state index contributed by atoms with van der Waals surface area (Å²) in [6, 6.07) is 9.86. The molecule has 1 aliphatic heterocycles. The number of nitrogens with two attached hydrogens (primary N) is 1. The fourth-order valence-corrected chi connectivity index (χ4v) is 2.61. The molecular weight excluding hydrogens is 276 g/mol. The smallest absolute Gasteiger partial charge is 0.201 e. The van der Waals surface area contributed by atoms with E-state index in [1.807, 2.05) is 12.1 Å². The van der Waals surface area contributed by atoms with Crippen LogP contribution >= 0.6 is 0 Å². The molecule has 6 heteroatoms. The zero-order valence-corrected chi connectivity index (χ0v) is 13.1. The lowest BCUT2D eigenvalue weighted by Crippen LogP contribution is -2.38. The molecule has 0 saturated carbocycles. The molecule has 0 atom stereocenters. The molecule has 0 aliphatic carbocycles. The molecule has 1 aliphatic rings. The van der Waals surface area contributed by atoms with Gasteiger partial charge < -0.3 is 10.6 Å². The number of hydrogen-bond acceptors (Lipinski definition) is 5. The van der Waals surface area contributed by atoms with E-state index in [0.29, 0.717) is 0 Å². The van der Waals surface area contributed by atoms with Gasteiger partial charge in [0.15, 0.2) is 5.84 Å². The van der Waals surface area contributed by atoms with Crippen molar-refractivity contribution in [3.05, 3.63) is 29.8 Å². The average molecular weight is 298 g/mol. The molecule has 1 saturated heterocycles. The van der Waals surface area contributed by atoms with Crippen LogP contribution in [0.25, 0.3) is 0 Å². The van der Waals surface area contributed by atoms with Crippen LogP contribution in [-0.2, 0) is 5.41 Å². The summed E-state index contributed by atoms with van der Waals surface area (Å²) in [6.07, 6.45) is 2.30. The van der Waals surface area contributed by atoms with Crippen LogP contribution in [0.3, 0.4) is 0 Å². The van der Waals surface area contributed by atoms with Gasteiger partial charge in [-0.2, -0.15) is 10.4 Å². The van der Waals surface area contributed by atoms with Gasteiger partial charge in [-0.25, -0.2) is 0 Å². The zero-order chi connectivity index (χ0) is 16.2. The molecule has 4 N–H and O–H groups in total. The van der Waals surface area contributed by atoms with Gasteiger partial charge in [-0.15, -0.1) is 0 Å². The van der Waals surface area contributed by atoms with Gasteiger partial charge >= 0.3 is 0 Å². The number of likely N-dealkylation sites (tertiary alicyclic amines) is 1. The van der Waals surface area contributed by atoms with Gasteiger partial charge in [0.05, 0.1) is 5.69 Å². The molecule has 0 unspecified atom stereocenters. The first kappa shape index (κ1) is 16.0. The van der Waals surface area contributed by atoms with Crippen LogP contribution in [0.4, 0.5) is 5.69 Å². The maximum atomic E-state index is 8.80. The quantitative estimate of drug-likeness (QED) is 0.449. The number of nitrogens with one attached hydrogen (secondary N) is 2. The lowest BCUT2D eigenvalue weighted by molar-refractivity contribution is 0.200. The van der Waals surface area contributed by atoms with E-state index in [4.69, 9.17) is 16.4 Å². The highest BCUT2D eigenvalue weighted by atomic mass is 15.3. The van der Waals surface area contributed by atoms with E-state index < -0.39 is 0 Å². The minimum atomic E-state index is -0.342. The molecule has 6 nitrogen and oxygen atoms in total. The summed E-state index contributed by atoms with van der Waals surface area (Å²) < 4.78 is 0. The number of nitriles is 1. The first-order valence-corrected chi connectivity index (χ1v) is 7.32. The van der Waals surface area contributed by atoms with Crippen molar-refractivity contribution in [2.24, 2.45) is 10.8 Å². The van der Waals surface area contributed by atoms with Crippen molar-refractivity contribution in [3.8, 4) is 6.07 Å². The summed E-state index contributed by atoms with van der Waals surface area (Å²) in [5.74, 6) is -0.342. The first-order valence-electron chi connectivity index (χ1n) is 7.32. The number of amidine groups is 1. The van der Waals surface area contributed by atoms with Gasteiger partial charge in [-0.3, -0.25) is 10.8 Å². The molecule has 1 fully saturated rings. The fraction of sp³-hybridized carbons (Fsp3) is 0.438. The molecule has 0 amide bonds. The van der Waals surface area contributed by atoms with Crippen molar-refractivity contribution >= 4 is 17.2 Å². The Hall–Kier alpha value is -2.39. The summed E-state index contributed by atoms with van der Waals surface area (Å²) in [7, 11) is 2.16. The molecule has 116 valence electrons. The highest BCUT2D eigenvalue weighted by molar-refractivity contribution is 6.45. The molecule has 1 aromatic rings. The minimum Gasteiger partial charge on any atom is -0.382 e.